The van der Waals surface area contributed by atoms with E-state index in [0.717, 1.165) is 0 Å². The van der Waals surface area contributed by atoms with Crippen molar-refractivity contribution in [2.45, 2.75) is 24.4 Å². The van der Waals surface area contributed by atoms with E-state index in [0.29, 0.717) is 0 Å². The zero-order valence-electron chi connectivity index (χ0n) is 6.41. The maximum atomic E-state index is 8.96. The van der Waals surface area contributed by atoms with Crippen LogP contribution in [0.5, 0.6) is 0 Å². The first-order valence-corrected chi connectivity index (χ1v) is 3.48. The average Bonchev–Trinajstić information content (AvgIpc) is 2.12. The molecule has 0 rings (SSSR count). The first-order valence-electron chi connectivity index (χ1n) is 3.48. The maximum Gasteiger partial charge on any atom is 0.111 e. The van der Waals surface area contributed by atoms with Crippen LogP contribution < -0.4 is 0 Å². The fraction of sp³-hybridized carbons (Fsp3) is 1.00. The highest BCUT2D eigenvalue weighted by Crippen LogP contribution is 2.03. The van der Waals surface area contributed by atoms with E-state index in [-0.39, 0.29) is 0 Å². The van der Waals surface area contributed by atoms with Gasteiger partial charge in [-0.25, -0.2) is 0 Å². The molecule has 0 aromatic rings. The summed E-state index contributed by atoms with van der Waals surface area (Å²) in [5.41, 5.74) is 0. The van der Waals surface area contributed by atoms with Gasteiger partial charge in [0.15, 0.2) is 0 Å². The van der Waals surface area contributed by atoms with Crippen LogP contribution in [0.2, 0.25) is 0 Å². The highest BCUT2D eigenvalue weighted by Gasteiger charge is 2.29. The minimum Gasteiger partial charge on any atom is -0.394 e. The summed E-state index contributed by atoms with van der Waals surface area (Å²) in [6.07, 6.45) is -6.39. The summed E-state index contributed by atoms with van der Waals surface area (Å²) in [6, 6.07) is 0. The van der Waals surface area contributed by atoms with E-state index in [2.05, 4.69) is 0 Å². The first kappa shape index (κ1) is 11.8. The molecule has 0 spiro atoms. The number of hydrogen-bond donors (Lipinski definition) is 6. The van der Waals surface area contributed by atoms with E-state index in [9.17, 15) is 0 Å². The average molecular weight is 182 g/mol. The van der Waals surface area contributed by atoms with Crippen molar-refractivity contribution in [3.05, 3.63) is 0 Å². The molecule has 0 aromatic carbocycles. The molecule has 1 unspecified atom stereocenters. The summed E-state index contributed by atoms with van der Waals surface area (Å²) in [7, 11) is 0. The minimum atomic E-state index is -1.67. The number of rotatable bonds is 5. The van der Waals surface area contributed by atoms with Crippen LogP contribution in [0.3, 0.4) is 0 Å². The Morgan fingerprint density at radius 3 is 1.08 bits per heavy atom. The molecule has 6 N–H and O–H groups in total. The molecule has 0 fully saturated rings. The predicted molar refractivity (Wildman–Crippen MR) is 38.2 cm³/mol. The molecule has 0 aliphatic rings. The molecule has 6 nitrogen and oxygen atoms in total. The molecule has 0 aromatic heterocycles. The van der Waals surface area contributed by atoms with Crippen molar-refractivity contribution in [2.24, 2.45) is 0 Å². The lowest BCUT2D eigenvalue weighted by Crippen LogP contribution is -2.46. The zero-order valence-corrected chi connectivity index (χ0v) is 6.41. The molecule has 0 aliphatic heterocycles. The molecule has 74 valence electrons. The lowest BCUT2D eigenvalue weighted by molar-refractivity contribution is -0.123. The van der Waals surface area contributed by atoms with Gasteiger partial charge < -0.3 is 30.6 Å². The fourth-order valence-electron chi connectivity index (χ4n) is 0.671. The van der Waals surface area contributed by atoms with Crippen molar-refractivity contribution in [2.75, 3.05) is 13.2 Å². The Balaban J connectivity index is 3.99. The van der Waals surface area contributed by atoms with E-state index >= 15 is 0 Å². The van der Waals surface area contributed by atoms with Gasteiger partial charge in [-0.3, -0.25) is 0 Å². The first-order chi connectivity index (χ1) is 5.54. The molecule has 0 amide bonds. The van der Waals surface area contributed by atoms with Crippen molar-refractivity contribution < 1.29 is 30.6 Å². The van der Waals surface area contributed by atoms with Gasteiger partial charge in [0.05, 0.1) is 13.2 Å². The highest BCUT2D eigenvalue weighted by atomic mass is 16.4. The normalized spacial score (nSPS) is 21.5. The van der Waals surface area contributed by atoms with Gasteiger partial charge in [0.1, 0.15) is 24.4 Å². The van der Waals surface area contributed by atoms with E-state index in [1.165, 1.54) is 0 Å². The quantitative estimate of drug-likeness (QED) is 0.261. The van der Waals surface area contributed by atoms with E-state index < -0.39 is 37.6 Å². The van der Waals surface area contributed by atoms with E-state index in [1.807, 2.05) is 0 Å². The topological polar surface area (TPSA) is 121 Å². The Bertz CT molecular complexity index is 105. The predicted octanol–water partition coefficient (Wildman–Crippen LogP) is -3.59. The van der Waals surface area contributed by atoms with Gasteiger partial charge in [-0.1, -0.05) is 0 Å². The van der Waals surface area contributed by atoms with Gasteiger partial charge >= 0.3 is 0 Å². The van der Waals surface area contributed by atoms with Gasteiger partial charge in [0, 0.05) is 0 Å². The van der Waals surface area contributed by atoms with Crippen molar-refractivity contribution in [3.8, 4) is 0 Å². The number of aliphatic hydroxyl groups excluding tert-OH is 6. The van der Waals surface area contributed by atoms with Crippen LogP contribution in [0.4, 0.5) is 0 Å². The van der Waals surface area contributed by atoms with Gasteiger partial charge in [-0.15, -0.1) is 0 Å². The van der Waals surface area contributed by atoms with Crippen molar-refractivity contribution in [1.82, 2.24) is 0 Å². The SMILES string of the molecule is OC[C@@H](O)[C@@H](O)C(O)[C@@H](O)CO. The lowest BCUT2D eigenvalue weighted by atomic mass is 10.0. The second-order valence-electron chi connectivity index (χ2n) is 2.48. The lowest BCUT2D eigenvalue weighted by Gasteiger charge is -2.24. The Morgan fingerprint density at radius 1 is 0.667 bits per heavy atom. The van der Waals surface area contributed by atoms with Crippen LogP contribution in [-0.4, -0.2) is 68.3 Å². The summed E-state index contributed by atoms with van der Waals surface area (Å²) in [5, 5.41) is 52.2. The standard InChI is InChI=1S/C6H14O6/c7-1-3(9)5(11)6(12)4(10)2-8/h3-12H,1-2H2/t3-,4+,5-,6?/m1/s1. The molecule has 4 atom stereocenters. The molecular formula is C6H14O6. The molecule has 0 saturated heterocycles. The van der Waals surface area contributed by atoms with Crippen molar-refractivity contribution in [1.29, 1.82) is 0 Å². The molecule has 12 heavy (non-hydrogen) atoms. The summed E-state index contributed by atoms with van der Waals surface area (Å²) in [6.45, 7) is -1.45. The largest absolute Gasteiger partial charge is 0.394 e. The van der Waals surface area contributed by atoms with Gasteiger partial charge in [0.25, 0.3) is 0 Å². The summed E-state index contributed by atoms with van der Waals surface area (Å²) < 4.78 is 0. The maximum absolute atomic E-state index is 8.96. The van der Waals surface area contributed by atoms with E-state index in [1.54, 1.807) is 0 Å². The molecular weight excluding hydrogens is 168 g/mol. The third-order valence-corrected chi connectivity index (χ3v) is 1.51. The Morgan fingerprint density at radius 2 is 0.917 bits per heavy atom. The van der Waals surface area contributed by atoms with Crippen LogP contribution in [0.15, 0.2) is 0 Å². The summed E-state index contributed by atoms with van der Waals surface area (Å²) in [5.74, 6) is 0. The Kier molecular flexibility index (Phi) is 5.31. The zero-order chi connectivity index (χ0) is 9.72. The van der Waals surface area contributed by atoms with Crippen LogP contribution in [0.25, 0.3) is 0 Å². The smallest absolute Gasteiger partial charge is 0.111 e. The molecule has 0 radical (unpaired) electrons. The molecule has 6 heteroatoms. The third kappa shape index (κ3) is 3.02. The van der Waals surface area contributed by atoms with Gasteiger partial charge in [-0.05, 0) is 0 Å². The van der Waals surface area contributed by atoms with Crippen LogP contribution in [0.1, 0.15) is 0 Å². The second-order valence-corrected chi connectivity index (χ2v) is 2.48. The number of aliphatic hydroxyl groups is 6. The molecule has 0 bridgehead atoms. The highest BCUT2D eigenvalue weighted by molar-refractivity contribution is 4.79. The Hall–Kier alpha value is -0.240. The third-order valence-electron chi connectivity index (χ3n) is 1.51. The van der Waals surface area contributed by atoms with E-state index in [4.69, 9.17) is 30.6 Å². The second kappa shape index (κ2) is 5.41. The fourth-order valence-corrected chi connectivity index (χ4v) is 0.671. The van der Waals surface area contributed by atoms with Gasteiger partial charge in [0.2, 0.25) is 0 Å². The van der Waals surface area contributed by atoms with Crippen molar-refractivity contribution in [3.63, 3.8) is 0 Å². The molecule has 0 aliphatic carbocycles. The summed E-state index contributed by atoms with van der Waals surface area (Å²) >= 11 is 0. The summed E-state index contributed by atoms with van der Waals surface area (Å²) in [4.78, 5) is 0. The van der Waals surface area contributed by atoms with Gasteiger partial charge in [-0.2, -0.15) is 0 Å². The monoisotopic (exact) mass is 182 g/mol. The molecule has 0 saturated carbocycles. The van der Waals surface area contributed by atoms with Crippen molar-refractivity contribution >= 4 is 0 Å². The minimum absolute atomic E-state index is 0.726. The molecule has 0 heterocycles. The van der Waals surface area contributed by atoms with Crippen LogP contribution >= 0.6 is 0 Å². The van der Waals surface area contributed by atoms with Crippen LogP contribution in [0, 0.1) is 0 Å². The van der Waals surface area contributed by atoms with Crippen LogP contribution in [-0.2, 0) is 0 Å². The number of hydrogen-bond acceptors (Lipinski definition) is 6. The Labute approximate surface area is 69.3 Å².